The summed E-state index contributed by atoms with van der Waals surface area (Å²) in [5, 5.41) is 0. The molecule has 0 N–H and O–H groups in total. The molecule has 0 atom stereocenters. The normalized spacial score (nSPS) is 9.92. The van der Waals surface area contributed by atoms with Crippen LogP contribution in [0, 0.1) is 12.7 Å². The maximum Gasteiger partial charge on any atom is 0.208 e. The smallest absolute Gasteiger partial charge is 0.208 e. The Labute approximate surface area is 84.8 Å². The highest BCUT2D eigenvalue weighted by Gasteiger charge is 2.15. The van der Waals surface area contributed by atoms with Gasteiger partial charge in [-0.15, -0.1) is 0 Å². The largest absolute Gasteiger partial charge is 0.493 e. The van der Waals surface area contributed by atoms with Crippen LogP contribution < -0.4 is 9.47 Å². The van der Waals surface area contributed by atoms with Crippen LogP contribution in [-0.4, -0.2) is 14.2 Å². The molecule has 0 heterocycles. The Morgan fingerprint density at radius 2 is 1.77 bits per heavy atom. The molecule has 0 bridgehead atoms. The van der Waals surface area contributed by atoms with E-state index in [-0.39, 0.29) is 11.5 Å². The third kappa shape index (κ3) is 1.77. The number of aryl methyl sites for hydroxylation is 1. The van der Waals surface area contributed by atoms with E-state index < -0.39 is 5.82 Å². The summed E-state index contributed by atoms with van der Waals surface area (Å²) in [5.41, 5.74) is 0.729. The second-order valence-corrected chi connectivity index (χ2v) is 3.41. The molecule has 0 aliphatic carbocycles. The number of ether oxygens (including phenoxy) is 2. The quantitative estimate of drug-likeness (QED) is 0.802. The molecule has 0 amide bonds. The van der Waals surface area contributed by atoms with Crippen LogP contribution >= 0.6 is 15.9 Å². The molecule has 0 unspecified atom stereocenters. The fraction of sp³-hybridized carbons (Fsp3) is 0.333. The summed E-state index contributed by atoms with van der Waals surface area (Å²) >= 11 is 3.20. The highest BCUT2D eigenvalue weighted by atomic mass is 79.9. The summed E-state index contributed by atoms with van der Waals surface area (Å²) < 4.78 is 23.9. The van der Waals surface area contributed by atoms with Crippen molar-refractivity contribution < 1.29 is 13.9 Å². The lowest BCUT2D eigenvalue weighted by molar-refractivity contribution is 0.347. The molecule has 1 aromatic rings. The van der Waals surface area contributed by atoms with Gasteiger partial charge in [-0.25, -0.2) is 0 Å². The molecule has 1 rings (SSSR count). The van der Waals surface area contributed by atoms with Gasteiger partial charge in [0.1, 0.15) is 0 Å². The Morgan fingerprint density at radius 1 is 1.23 bits per heavy atom. The van der Waals surface area contributed by atoms with Crippen LogP contribution in [0.2, 0.25) is 0 Å². The van der Waals surface area contributed by atoms with Crippen LogP contribution in [-0.2, 0) is 0 Å². The third-order valence-corrected chi connectivity index (χ3v) is 2.31. The molecule has 0 saturated heterocycles. The second-order valence-electron chi connectivity index (χ2n) is 2.56. The van der Waals surface area contributed by atoms with Crippen LogP contribution in [0.1, 0.15) is 5.56 Å². The van der Waals surface area contributed by atoms with Crippen molar-refractivity contribution in [3.8, 4) is 11.5 Å². The first-order chi connectivity index (χ1) is 6.11. The number of rotatable bonds is 2. The lowest BCUT2D eigenvalue weighted by atomic mass is 10.2. The zero-order valence-corrected chi connectivity index (χ0v) is 9.24. The van der Waals surface area contributed by atoms with E-state index in [1.807, 2.05) is 0 Å². The van der Waals surface area contributed by atoms with Gasteiger partial charge in [-0.1, -0.05) is 0 Å². The molecule has 1 aromatic carbocycles. The van der Waals surface area contributed by atoms with E-state index in [0.717, 1.165) is 5.56 Å². The van der Waals surface area contributed by atoms with Crippen LogP contribution in [0.3, 0.4) is 0 Å². The molecule has 0 saturated carbocycles. The molecule has 72 valence electrons. The molecule has 0 aliphatic heterocycles. The van der Waals surface area contributed by atoms with Gasteiger partial charge >= 0.3 is 0 Å². The zero-order chi connectivity index (χ0) is 10.0. The van der Waals surface area contributed by atoms with Gasteiger partial charge in [0.05, 0.1) is 18.7 Å². The predicted octanol–water partition coefficient (Wildman–Crippen LogP) is 2.91. The maximum atomic E-state index is 13.5. The van der Waals surface area contributed by atoms with Crippen LogP contribution in [0.15, 0.2) is 10.5 Å². The van der Waals surface area contributed by atoms with Gasteiger partial charge in [0.15, 0.2) is 11.5 Å². The summed E-state index contributed by atoms with van der Waals surface area (Å²) in [6.07, 6.45) is 0. The number of methoxy groups -OCH3 is 2. The van der Waals surface area contributed by atoms with Crippen molar-refractivity contribution in [3.05, 3.63) is 21.9 Å². The van der Waals surface area contributed by atoms with Crippen LogP contribution in [0.25, 0.3) is 0 Å². The molecule has 0 fully saturated rings. The fourth-order valence-corrected chi connectivity index (χ4v) is 1.82. The van der Waals surface area contributed by atoms with E-state index >= 15 is 0 Å². The molecule has 4 heteroatoms. The Hall–Kier alpha value is -0.770. The van der Waals surface area contributed by atoms with Gasteiger partial charge in [0, 0.05) is 0 Å². The van der Waals surface area contributed by atoms with Crippen molar-refractivity contribution in [2.24, 2.45) is 0 Å². The fourth-order valence-electron chi connectivity index (χ4n) is 1.14. The average Bonchev–Trinajstić information content (AvgIpc) is 2.04. The number of benzene rings is 1. The van der Waals surface area contributed by atoms with Crippen LogP contribution in [0.5, 0.6) is 11.5 Å². The van der Waals surface area contributed by atoms with Crippen molar-refractivity contribution in [2.45, 2.75) is 6.92 Å². The first-order valence-electron chi connectivity index (χ1n) is 3.68. The van der Waals surface area contributed by atoms with Crippen molar-refractivity contribution in [3.63, 3.8) is 0 Å². The molecular formula is C9H10BrFO2. The standard InChI is InChI=1S/C9H10BrFO2/c1-5-4-6(10)9(13-3)7(11)8(5)12-2/h4H,1-3H3. The molecule has 0 spiro atoms. The monoisotopic (exact) mass is 248 g/mol. The molecular weight excluding hydrogens is 239 g/mol. The number of hydrogen-bond donors (Lipinski definition) is 0. The van der Waals surface area contributed by atoms with E-state index in [4.69, 9.17) is 9.47 Å². The van der Waals surface area contributed by atoms with E-state index in [1.54, 1.807) is 13.0 Å². The number of hydrogen-bond acceptors (Lipinski definition) is 2. The molecule has 0 aromatic heterocycles. The van der Waals surface area contributed by atoms with Gasteiger partial charge < -0.3 is 9.47 Å². The lowest BCUT2D eigenvalue weighted by Gasteiger charge is -2.11. The Kier molecular flexibility index (Phi) is 3.14. The number of halogens is 2. The summed E-state index contributed by atoms with van der Waals surface area (Å²) in [7, 11) is 2.84. The van der Waals surface area contributed by atoms with Gasteiger partial charge in [0.25, 0.3) is 0 Å². The molecule has 13 heavy (non-hydrogen) atoms. The Morgan fingerprint density at radius 3 is 2.23 bits per heavy atom. The summed E-state index contributed by atoms with van der Waals surface area (Å²) in [5.74, 6) is -0.0839. The second kappa shape index (κ2) is 3.96. The van der Waals surface area contributed by atoms with Crippen molar-refractivity contribution >= 4 is 15.9 Å². The van der Waals surface area contributed by atoms with E-state index in [9.17, 15) is 4.39 Å². The molecule has 0 aliphatic rings. The summed E-state index contributed by atoms with van der Waals surface area (Å²) in [4.78, 5) is 0. The average molecular weight is 249 g/mol. The van der Waals surface area contributed by atoms with Crippen molar-refractivity contribution in [1.82, 2.24) is 0 Å². The van der Waals surface area contributed by atoms with Gasteiger partial charge in [0.2, 0.25) is 5.82 Å². The highest BCUT2D eigenvalue weighted by molar-refractivity contribution is 9.10. The first-order valence-corrected chi connectivity index (χ1v) is 4.47. The molecule has 2 nitrogen and oxygen atoms in total. The van der Waals surface area contributed by atoms with E-state index in [1.165, 1.54) is 14.2 Å². The SMILES string of the molecule is COc1c(C)cc(Br)c(OC)c1F. The van der Waals surface area contributed by atoms with Crippen molar-refractivity contribution in [2.75, 3.05) is 14.2 Å². The van der Waals surface area contributed by atoms with Crippen LogP contribution in [0.4, 0.5) is 4.39 Å². The predicted molar refractivity (Wildman–Crippen MR) is 51.9 cm³/mol. The summed E-state index contributed by atoms with van der Waals surface area (Å²) in [6.45, 7) is 1.77. The van der Waals surface area contributed by atoms with E-state index in [0.29, 0.717) is 4.47 Å². The van der Waals surface area contributed by atoms with Gasteiger partial charge in [-0.3, -0.25) is 0 Å². The van der Waals surface area contributed by atoms with E-state index in [2.05, 4.69) is 15.9 Å². The van der Waals surface area contributed by atoms with Crippen molar-refractivity contribution in [1.29, 1.82) is 0 Å². The lowest BCUT2D eigenvalue weighted by Crippen LogP contribution is -1.96. The van der Waals surface area contributed by atoms with Gasteiger partial charge in [-0.05, 0) is 34.5 Å². The minimum absolute atomic E-state index is 0.169. The minimum Gasteiger partial charge on any atom is -0.493 e. The maximum absolute atomic E-state index is 13.5. The molecule has 0 radical (unpaired) electrons. The first kappa shape index (κ1) is 10.3. The Bertz CT molecular complexity index is 298. The highest BCUT2D eigenvalue weighted by Crippen LogP contribution is 2.36. The minimum atomic E-state index is -0.475. The topological polar surface area (TPSA) is 18.5 Å². The van der Waals surface area contributed by atoms with Gasteiger partial charge in [-0.2, -0.15) is 4.39 Å². The Balaban J connectivity index is 3.39. The zero-order valence-electron chi connectivity index (χ0n) is 7.65. The third-order valence-electron chi connectivity index (χ3n) is 1.73. The summed E-state index contributed by atoms with van der Waals surface area (Å²) in [6, 6.07) is 1.75.